The first-order valence-corrected chi connectivity index (χ1v) is 7.06. The summed E-state index contributed by atoms with van der Waals surface area (Å²) in [6, 6.07) is 6.13. The molecule has 0 fully saturated rings. The van der Waals surface area contributed by atoms with Crippen molar-refractivity contribution in [2.45, 2.75) is 33.4 Å². The predicted molar refractivity (Wildman–Crippen MR) is 79.7 cm³/mol. The normalized spacial score (nSPS) is 10.8. The molecule has 2 aromatic rings. The highest BCUT2D eigenvalue weighted by Gasteiger charge is 2.11. The summed E-state index contributed by atoms with van der Waals surface area (Å²) in [5.41, 5.74) is 3.42. The largest absolute Gasteiger partial charge is 0.497 e. The van der Waals surface area contributed by atoms with Gasteiger partial charge in [-0.2, -0.15) is 0 Å². The molecule has 5 nitrogen and oxygen atoms in total. The first-order chi connectivity index (χ1) is 9.80. The summed E-state index contributed by atoms with van der Waals surface area (Å²) >= 11 is 0. The molecule has 0 saturated carbocycles. The Labute approximate surface area is 120 Å². The smallest absolute Gasteiger partial charge is 0.119 e. The van der Waals surface area contributed by atoms with Gasteiger partial charge in [-0.25, -0.2) is 4.68 Å². The highest BCUT2D eigenvalue weighted by Crippen LogP contribution is 2.27. The maximum Gasteiger partial charge on any atom is 0.119 e. The fourth-order valence-electron chi connectivity index (χ4n) is 2.20. The first kappa shape index (κ1) is 14.5. The average Bonchev–Trinajstić information content (AvgIpc) is 2.93. The van der Waals surface area contributed by atoms with Crippen LogP contribution < -0.4 is 10.1 Å². The summed E-state index contributed by atoms with van der Waals surface area (Å²) in [5, 5.41) is 11.6. The third kappa shape index (κ3) is 3.17. The molecule has 0 unspecified atom stereocenters. The van der Waals surface area contributed by atoms with Crippen molar-refractivity contribution in [1.82, 2.24) is 20.3 Å². The molecule has 0 aliphatic rings. The Morgan fingerprint density at radius 3 is 2.85 bits per heavy atom. The molecule has 1 N–H and O–H groups in total. The van der Waals surface area contributed by atoms with E-state index in [9.17, 15) is 0 Å². The minimum absolute atomic E-state index is 0.806. The maximum atomic E-state index is 5.32. The zero-order chi connectivity index (χ0) is 14.4. The van der Waals surface area contributed by atoms with Gasteiger partial charge < -0.3 is 10.1 Å². The van der Waals surface area contributed by atoms with E-state index < -0.39 is 0 Å². The van der Waals surface area contributed by atoms with Gasteiger partial charge in [0, 0.05) is 18.7 Å². The van der Waals surface area contributed by atoms with Crippen LogP contribution >= 0.6 is 0 Å². The summed E-state index contributed by atoms with van der Waals surface area (Å²) in [6.07, 6.45) is 2.86. The molecule has 1 heterocycles. The van der Waals surface area contributed by atoms with Crippen LogP contribution in [0.15, 0.2) is 24.4 Å². The molecule has 0 aliphatic heterocycles. The lowest BCUT2D eigenvalue weighted by atomic mass is 10.0. The first-order valence-electron chi connectivity index (χ1n) is 7.06. The Bertz CT molecular complexity index is 551. The number of nitrogens with zero attached hydrogens (tertiary/aromatic N) is 3. The lowest BCUT2D eigenvalue weighted by molar-refractivity contribution is 0.414. The van der Waals surface area contributed by atoms with Crippen molar-refractivity contribution in [2.24, 2.45) is 0 Å². The van der Waals surface area contributed by atoms with E-state index in [4.69, 9.17) is 4.74 Å². The van der Waals surface area contributed by atoms with Gasteiger partial charge in [0.2, 0.25) is 0 Å². The van der Waals surface area contributed by atoms with Crippen molar-refractivity contribution in [3.05, 3.63) is 30.0 Å². The molecule has 108 valence electrons. The number of aromatic nitrogens is 3. The average molecular weight is 274 g/mol. The standard InChI is InChI=1S/C15H22N4O/c1-4-8-19-15(11-17-18-19)14-7-6-13(20-3)9-12(14)10-16-5-2/h6-7,9,11,16H,4-5,8,10H2,1-3H3. The molecular formula is C15H22N4O. The van der Waals surface area contributed by atoms with Crippen molar-refractivity contribution >= 4 is 0 Å². The number of hydrogen-bond donors (Lipinski definition) is 1. The Hall–Kier alpha value is -1.88. The van der Waals surface area contributed by atoms with Crippen LogP contribution in [0.2, 0.25) is 0 Å². The lowest BCUT2D eigenvalue weighted by Crippen LogP contribution is -2.13. The second-order valence-corrected chi connectivity index (χ2v) is 4.65. The molecule has 0 radical (unpaired) electrons. The molecule has 20 heavy (non-hydrogen) atoms. The molecule has 1 aromatic heterocycles. The van der Waals surface area contributed by atoms with Crippen LogP contribution in [-0.4, -0.2) is 28.6 Å². The lowest BCUT2D eigenvalue weighted by Gasteiger charge is -2.12. The van der Waals surface area contributed by atoms with E-state index in [0.717, 1.165) is 43.1 Å². The van der Waals surface area contributed by atoms with Crippen LogP contribution in [0.25, 0.3) is 11.3 Å². The third-order valence-electron chi connectivity index (χ3n) is 3.21. The van der Waals surface area contributed by atoms with Gasteiger partial charge in [-0.3, -0.25) is 0 Å². The number of rotatable bonds is 7. The van der Waals surface area contributed by atoms with Crippen LogP contribution in [0.4, 0.5) is 0 Å². The van der Waals surface area contributed by atoms with Gasteiger partial charge in [0.1, 0.15) is 5.75 Å². The molecule has 0 bridgehead atoms. The number of hydrogen-bond acceptors (Lipinski definition) is 4. The van der Waals surface area contributed by atoms with E-state index >= 15 is 0 Å². The molecule has 5 heteroatoms. The predicted octanol–water partition coefficient (Wildman–Crippen LogP) is 2.47. The quantitative estimate of drug-likeness (QED) is 0.842. The fourth-order valence-corrected chi connectivity index (χ4v) is 2.20. The summed E-state index contributed by atoms with van der Waals surface area (Å²) in [7, 11) is 1.69. The Balaban J connectivity index is 2.40. The topological polar surface area (TPSA) is 52.0 Å². The van der Waals surface area contributed by atoms with Crippen molar-refractivity contribution in [3.8, 4) is 17.0 Å². The second-order valence-electron chi connectivity index (χ2n) is 4.65. The fraction of sp³-hybridized carbons (Fsp3) is 0.467. The molecular weight excluding hydrogens is 252 g/mol. The van der Waals surface area contributed by atoms with E-state index in [2.05, 4.69) is 41.6 Å². The molecule has 1 aromatic carbocycles. The van der Waals surface area contributed by atoms with Gasteiger partial charge in [0.05, 0.1) is 19.0 Å². The molecule has 2 rings (SSSR count). The van der Waals surface area contributed by atoms with E-state index in [1.54, 1.807) is 7.11 Å². The number of methoxy groups -OCH3 is 1. The Morgan fingerprint density at radius 2 is 2.15 bits per heavy atom. The third-order valence-corrected chi connectivity index (χ3v) is 3.21. The summed E-state index contributed by atoms with van der Waals surface area (Å²) in [6.45, 7) is 6.85. The van der Waals surface area contributed by atoms with Crippen LogP contribution in [0.3, 0.4) is 0 Å². The Morgan fingerprint density at radius 1 is 1.30 bits per heavy atom. The Kier molecular flexibility index (Phi) is 5.12. The van der Waals surface area contributed by atoms with Crippen molar-refractivity contribution in [1.29, 1.82) is 0 Å². The van der Waals surface area contributed by atoms with Crippen LogP contribution in [0.5, 0.6) is 5.75 Å². The van der Waals surface area contributed by atoms with Gasteiger partial charge in [-0.05, 0) is 36.7 Å². The van der Waals surface area contributed by atoms with E-state index in [-0.39, 0.29) is 0 Å². The molecule has 0 atom stereocenters. The highest BCUT2D eigenvalue weighted by atomic mass is 16.5. The van der Waals surface area contributed by atoms with Gasteiger partial charge in [-0.15, -0.1) is 5.10 Å². The molecule has 0 saturated heterocycles. The van der Waals surface area contributed by atoms with Crippen molar-refractivity contribution in [3.63, 3.8) is 0 Å². The summed E-state index contributed by atoms with van der Waals surface area (Å²) in [4.78, 5) is 0. The zero-order valence-corrected chi connectivity index (χ0v) is 12.4. The van der Waals surface area contributed by atoms with Gasteiger partial charge >= 0.3 is 0 Å². The van der Waals surface area contributed by atoms with Gasteiger partial charge in [-0.1, -0.05) is 19.1 Å². The maximum absolute atomic E-state index is 5.32. The number of benzene rings is 1. The number of nitrogens with one attached hydrogen (secondary N) is 1. The summed E-state index contributed by atoms with van der Waals surface area (Å²) < 4.78 is 7.27. The second kappa shape index (κ2) is 7.05. The minimum atomic E-state index is 0.806. The monoisotopic (exact) mass is 274 g/mol. The SMILES string of the molecule is CCCn1nncc1-c1ccc(OC)cc1CNCC. The van der Waals surface area contributed by atoms with E-state index in [0.29, 0.717) is 0 Å². The van der Waals surface area contributed by atoms with E-state index in [1.807, 2.05) is 16.9 Å². The summed E-state index contributed by atoms with van der Waals surface area (Å²) in [5.74, 6) is 0.871. The van der Waals surface area contributed by atoms with E-state index in [1.165, 1.54) is 5.56 Å². The van der Waals surface area contributed by atoms with Gasteiger partial charge in [0.15, 0.2) is 0 Å². The van der Waals surface area contributed by atoms with Gasteiger partial charge in [0.25, 0.3) is 0 Å². The highest BCUT2D eigenvalue weighted by molar-refractivity contribution is 5.64. The van der Waals surface area contributed by atoms with Crippen molar-refractivity contribution in [2.75, 3.05) is 13.7 Å². The number of aryl methyl sites for hydroxylation is 1. The van der Waals surface area contributed by atoms with Crippen LogP contribution in [0.1, 0.15) is 25.8 Å². The number of ether oxygens (including phenoxy) is 1. The zero-order valence-electron chi connectivity index (χ0n) is 12.4. The molecule has 0 amide bonds. The minimum Gasteiger partial charge on any atom is -0.497 e. The molecule has 0 spiro atoms. The van der Waals surface area contributed by atoms with Crippen LogP contribution in [0, 0.1) is 0 Å². The molecule has 0 aliphatic carbocycles. The van der Waals surface area contributed by atoms with Crippen molar-refractivity contribution < 1.29 is 4.74 Å². The van der Waals surface area contributed by atoms with Crippen LogP contribution in [-0.2, 0) is 13.1 Å².